The van der Waals surface area contributed by atoms with E-state index < -0.39 is 10.7 Å². The second-order valence-electron chi connectivity index (χ2n) is 5.21. The van der Waals surface area contributed by atoms with Crippen molar-refractivity contribution >= 4 is 37.9 Å². The molecule has 0 spiro atoms. The first-order valence-electron chi connectivity index (χ1n) is 7.12. The minimum absolute atomic E-state index is 0.216. The molecular formula is C17H15N5S. The van der Waals surface area contributed by atoms with Crippen LogP contribution in [0.5, 0.6) is 0 Å². The molecule has 4 rings (SSSR count). The maximum Gasteiger partial charge on any atom is 0.229 e. The SMILES string of the molecule is NC1=N/S(=C2\C(c3ccccc3)=C(N)c3ccccc32)C(N)=N1. The molecule has 0 saturated heterocycles. The summed E-state index contributed by atoms with van der Waals surface area (Å²) >= 11 is 0. The van der Waals surface area contributed by atoms with Gasteiger partial charge in [0.15, 0.2) is 5.17 Å². The van der Waals surface area contributed by atoms with Crippen LogP contribution < -0.4 is 17.2 Å². The number of fused-ring (bicyclic) bond motifs is 1. The molecule has 1 aliphatic carbocycles. The molecule has 1 atom stereocenters. The van der Waals surface area contributed by atoms with Crippen LogP contribution in [0.1, 0.15) is 16.7 Å². The van der Waals surface area contributed by atoms with E-state index in [4.69, 9.17) is 17.2 Å². The van der Waals surface area contributed by atoms with Gasteiger partial charge in [-0.05, 0) is 11.1 Å². The Bertz CT molecular complexity index is 938. The Balaban J connectivity index is 2.07. The molecule has 0 aromatic heterocycles. The number of nitrogens with zero attached hydrogens (tertiary/aromatic N) is 2. The Hall–Kier alpha value is -2.86. The second-order valence-corrected chi connectivity index (χ2v) is 6.79. The Morgan fingerprint density at radius 1 is 0.783 bits per heavy atom. The topological polar surface area (TPSA) is 103 Å². The van der Waals surface area contributed by atoms with Crippen LogP contribution >= 0.6 is 10.7 Å². The molecule has 2 aromatic carbocycles. The van der Waals surface area contributed by atoms with Crippen LogP contribution in [-0.4, -0.2) is 16.0 Å². The van der Waals surface area contributed by atoms with Gasteiger partial charge in [-0.1, -0.05) is 54.6 Å². The van der Waals surface area contributed by atoms with E-state index in [0.717, 1.165) is 32.8 Å². The lowest BCUT2D eigenvalue weighted by molar-refractivity contribution is 1.53. The molecule has 0 fully saturated rings. The summed E-state index contributed by atoms with van der Waals surface area (Å²) in [6, 6.07) is 18.0. The molecular weight excluding hydrogens is 306 g/mol. The first kappa shape index (κ1) is 13.8. The van der Waals surface area contributed by atoms with Gasteiger partial charge in [-0.3, -0.25) is 0 Å². The van der Waals surface area contributed by atoms with Crippen molar-refractivity contribution in [3.63, 3.8) is 0 Å². The van der Waals surface area contributed by atoms with Crippen LogP contribution in [0.3, 0.4) is 0 Å². The van der Waals surface area contributed by atoms with Crippen LogP contribution in [0, 0.1) is 0 Å². The molecule has 5 nitrogen and oxygen atoms in total. The fourth-order valence-corrected chi connectivity index (χ4v) is 4.48. The maximum absolute atomic E-state index is 6.46. The lowest BCUT2D eigenvalue weighted by Gasteiger charge is -2.11. The fourth-order valence-electron chi connectivity index (χ4n) is 2.87. The average molecular weight is 321 g/mol. The summed E-state index contributed by atoms with van der Waals surface area (Å²) in [5.41, 5.74) is 23.1. The molecule has 6 N–H and O–H groups in total. The number of guanidine groups is 1. The monoisotopic (exact) mass is 321 g/mol. The highest BCUT2D eigenvalue weighted by Gasteiger charge is 2.30. The van der Waals surface area contributed by atoms with Crippen molar-refractivity contribution in [3.8, 4) is 0 Å². The van der Waals surface area contributed by atoms with E-state index in [1.807, 2.05) is 54.6 Å². The van der Waals surface area contributed by atoms with Gasteiger partial charge < -0.3 is 17.2 Å². The zero-order valence-corrected chi connectivity index (χ0v) is 13.0. The third-order valence-corrected chi connectivity index (χ3v) is 5.49. The van der Waals surface area contributed by atoms with Gasteiger partial charge in [0, 0.05) is 32.4 Å². The normalized spacial score (nSPS) is 21.2. The van der Waals surface area contributed by atoms with Gasteiger partial charge in [-0.25, -0.2) is 0 Å². The highest BCUT2D eigenvalue weighted by molar-refractivity contribution is 8.28. The molecule has 6 heteroatoms. The number of aliphatic imine (C=N–C) groups is 1. The second kappa shape index (κ2) is 5.10. The van der Waals surface area contributed by atoms with Crippen LogP contribution in [-0.2, 0) is 0 Å². The van der Waals surface area contributed by atoms with Crippen LogP contribution in [0.4, 0.5) is 0 Å². The van der Waals surface area contributed by atoms with E-state index in [-0.39, 0.29) is 5.96 Å². The summed E-state index contributed by atoms with van der Waals surface area (Å²) in [5.74, 6) is 0.216. The molecule has 114 valence electrons. The van der Waals surface area contributed by atoms with Crippen molar-refractivity contribution in [3.05, 3.63) is 71.3 Å². The molecule has 1 heterocycles. The predicted octanol–water partition coefficient (Wildman–Crippen LogP) is 1.87. The molecule has 23 heavy (non-hydrogen) atoms. The molecule has 1 unspecified atom stereocenters. The summed E-state index contributed by atoms with van der Waals surface area (Å²) in [6.45, 7) is 0. The number of allylic oxidation sites excluding steroid dienone is 1. The summed E-state index contributed by atoms with van der Waals surface area (Å²) in [4.78, 5) is 5.08. The highest BCUT2D eigenvalue weighted by atomic mass is 32.2. The number of benzene rings is 2. The Morgan fingerprint density at radius 2 is 1.43 bits per heavy atom. The first-order chi connectivity index (χ1) is 11.2. The fraction of sp³-hybridized carbons (Fsp3) is 0. The van der Waals surface area contributed by atoms with Gasteiger partial charge in [0.05, 0.1) is 0 Å². The summed E-state index contributed by atoms with van der Waals surface area (Å²) in [5, 5.41) is 0.426. The van der Waals surface area contributed by atoms with Crippen molar-refractivity contribution in [2.24, 2.45) is 26.6 Å². The van der Waals surface area contributed by atoms with E-state index in [1.165, 1.54) is 0 Å². The zero-order valence-electron chi connectivity index (χ0n) is 12.2. The number of hydrogen-bond acceptors (Lipinski definition) is 5. The van der Waals surface area contributed by atoms with Gasteiger partial charge >= 0.3 is 0 Å². The van der Waals surface area contributed by atoms with Crippen molar-refractivity contribution in [1.29, 1.82) is 0 Å². The van der Waals surface area contributed by atoms with Crippen molar-refractivity contribution in [1.82, 2.24) is 0 Å². The molecule has 2 aliphatic rings. The van der Waals surface area contributed by atoms with E-state index in [9.17, 15) is 0 Å². The lowest BCUT2D eigenvalue weighted by Crippen LogP contribution is -2.12. The van der Waals surface area contributed by atoms with E-state index in [1.54, 1.807) is 0 Å². The highest BCUT2D eigenvalue weighted by Crippen LogP contribution is 2.42. The molecule has 2 aromatic rings. The van der Waals surface area contributed by atoms with Crippen LogP contribution in [0.2, 0.25) is 0 Å². The Morgan fingerprint density at radius 3 is 2.09 bits per heavy atom. The van der Waals surface area contributed by atoms with Crippen molar-refractivity contribution in [2.75, 3.05) is 0 Å². The van der Waals surface area contributed by atoms with Gasteiger partial charge in [0.25, 0.3) is 0 Å². The standard InChI is InChI=1S/C17H15N5S/c18-14-11-8-4-5-9-12(11)15(23-17(20)21-16(19)22-23)13(14)10-6-2-1-3-7-10/h1-9H,18H2,(H4,19,20,21,22). The Kier molecular flexibility index (Phi) is 3.06. The van der Waals surface area contributed by atoms with Crippen molar-refractivity contribution in [2.45, 2.75) is 0 Å². The average Bonchev–Trinajstić information content (AvgIpc) is 3.05. The summed E-state index contributed by atoms with van der Waals surface area (Å²) < 4.78 is 4.43. The van der Waals surface area contributed by atoms with Gasteiger partial charge in [0.2, 0.25) is 5.96 Å². The number of amidine groups is 1. The molecule has 0 saturated carbocycles. The largest absolute Gasteiger partial charge is 0.398 e. The smallest absolute Gasteiger partial charge is 0.229 e. The van der Waals surface area contributed by atoms with E-state index in [2.05, 4.69) is 9.39 Å². The number of nitrogens with two attached hydrogens (primary N) is 3. The number of hydrogen-bond donors (Lipinski definition) is 3. The lowest BCUT2D eigenvalue weighted by atomic mass is 10.0. The van der Waals surface area contributed by atoms with Gasteiger partial charge in [0.1, 0.15) is 0 Å². The molecule has 0 radical (unpaired) electrons. The molecule has 0 bridgehead atoms. The van der Waals surface area contributed by atoms with Crippen LogP contribution in [0.15, 0.2) is 64.0 Å². The third-order valence-electron chi connectivity index (χ3n) is 3.82. The van der Waals surface area contributed by atoms with Crippen LogP contribution in [0.25, 0.3) is 11.3 Å². The molecule has 0 amide bonds. The minimum Gasteiger partial charge on any atom is -0.398 e. The summed E-state index contributed by atoms with van der Waals surface area (Å²) in [6.07, 6.45) is 0. The van der Waals surface area contributed by atoms with Gasteiger partial charge in [-0.2, -0.15) is 9.39 Å². The Labute approximate surface area is 136 Å². The number of rotatable bonds is 1. The van der Waals surface area contributed by atoms with Crippen molar-refractivity contribution < 1.29 is 0 Å². The first-order valence-corrected chi connectivity index (χ1v) is 8.30. The molecule has 1 aliphatic heterocycles. The third kappa shape index (κ3) is 2.07. The van der Waals surface area contributed by atoms with Gasteiger partial charge in [-0.15, -0.1) is 0 Å². The summed E-state index contributed by atoms with van der Waals surface area (Å²) in [7, 11) is -0.721. The quantitative estimate of drug-likeness (QED) is 0.699. The minimum atomic E-state index is -0.721. The van der Waals surface area contributed by atoms with E-state index >= 15 is 0 Å². The predicted molar refractivity (Wildman–Crippen MR) is 98.8 cm³/mol. The maximum atomic E-state index is 6.46. The zero-order chi connectivity index (χ0) is 16.0. The van der Waals surface area contributed by atoms with E-state index in [0.29, 0.717) is 5.17 Å².